The van der Waals surface area contributed by atoms with Crippen LogP contribution in [0.5, 0.6) is 0 Å². The third-order valence-corrected chi connectivity index (χ3v) is 5.29. The van der Waals surface area contributed by atoms with Crippen molar-refractivity contribution in [3.8, 4) is 0 Å². The summed E-state index contributed by atoms with van der Waals surface area (Å²) in [5.74, 6) is -0.842. The summed E-state index contributed by atoms with van der Waals surface area (Å²) in [5, 5.41) is 2.24. The Morgan fingerprint density at radius 1 is 1.11 bits per heavy atom. The van der Waals surface area contributed by atoms with E-state index in [1.54, 1.807) is 31.2 Å². The van der Waals surface area contributed by atoms with Gasteiger partial charge in [-0.2, -0.15) is 13.2 Å². The van der Waals surface area contributed by atoms with Crippen LogP contribution in [0.2, 0.25) is 0 Å². The normalized spacial score (nSPS) is 13.1. The van der Waals surface area contributed by atoms with Crippen molar-refractivity contribution in [2.45, 2.75) is 32.5 Å². The Labute approximate surface area is 162 Å². The second-order valence-electron chi connectivity index (χ2n) is 6.35. The molecule has 0 spiro atoms. The van der Waals surface area contributed by atoms with Gasteiger partial charge in [0.05, 0.1) is 23.2 Å². The number of anilines is 2. The maximum Gasteiger partial charge on any atom is 0.418 e. The van der Waals surface area contributed by atoms with Crippen LogP contribution in [-0.4, -0.2) is 26.6 Å². The maximum atomic E-state index is 13.2. The van der Waals surface area contributed by atoms with E-state index in [1.807, 2.05) is 6.92 Å². The Morgan fingerprint density at radius 3 is 2.18 bits per heavy atom. The van der Waals surface area contributed by atoms with Crippen molar-refractivity contribution in [1.29, 1.82) is 0 Å². The lowest BCUT2D eigenvalue weighted by molar-refractivity contribution is -0.137. The Kier molecular flexibility index (Phi) is 6.38. The monoisotopic (exact) mass is 414 g/mol. The topological polar surface area (TPSA) is 66.5 Å². The third-order valence-electron chi connectivity index (χ3n) is 4.11. The second kappa shape index (κ2) is 8.22. The number of carbonyl (C=O) groups excluding carboxylic acids is 1. The number of benzene rings is 2. The highest BCUT2D eigenvalue weighted by Crippen LogP contribution is 2.35. The van der Waals surface area contributed by atoms with Crippen LogP contribution in [0.15, 0.2) is 48.5 Å². The van der Waals surface area contributed by atoms with Crippen molar-refractivity contribution in [2.24, 2.45) is 0 Å². The van der Waals surface area contributed by atoms with Gasteiger partial charge in [0.15, 0.2) is 0 Å². The first-order valence-corrected chi connectivity index (χ1v) is 10.3. The molecule has 28 heavy (non-hydrogen) atoms. The van der Waals surface area contributed by atoms with Gasteiger partial charge in [0.1, 0.15) is 6.04 Å². The number of nitrogens with zero attached hydrogens (tertiary/aromatic N) is 1. The summed E-state index contributed by atoms with van der Waals surface area (Å²) < 4.78 is 65.2. The molecule has 1 atom stereocenters. The molecule has 1 unspecified atom stereocenters. The molecule has 9 heteroatoms. The molecule has 0 saturated heterocycles. The average molecular weight is 414 g/mol. The number of amides is 1. The van der Waals surface area contributed by atoms with Gasteiger partial charge in [-0.3, -0.25) is 9.10 Å². The highest BCUT2D eigenvalue weighted by molar-refractivity contribution is 7.92. The zero-order valence-corrected chi connectivity index (χ0v) is 16.4. The van der Waals surface area contributed by atoms with Gasteiger partial charge >= 0.3 is 6.18 Å². The van der Waals surface area contributed by atoms with E-state index in [1.165, 1.54) is 12.1 Å². The van der Waals surface area contributed by atoms with Crippen LogP contribution in [0.25, 0.3) is 0 Å². The van der Waals surface area contributed by atoms with Crippen LogP contribution in [0.3, 0.4) is 0 Å². The summed E-state index contributed by atoms with van der Waals surface area (Å²) in [5.41, 5.74) is -0.261. The zero-order valence-electron chi connectivity index (χ0n) is 15.6. The maximum absolute atomic E-state index is 13.2. The van der Waals surface area contributed by atoms with Crippen molar-refractivity contribution < 1.29 is 26.4 Å². The number of halogens is 3. The molecule has 0 radical (unpaired) electrons. The van der Waals surface area contributed by atoms with Gasteiger partial charge in [0.25, 0.3) is 0 Å². The minimum Gasteiger partial charge on any atom is -0.324 e. The van der Waals surface area contributed by atoms with Crippen LogP contribution in [-0.2, 0) is 21.0 Å². The summed E-state index contributed by atoms with van der Waals surface area (Å²) in [6.07, 6.45) is -3.63. The van der Waals surface area contributed by atoms with E-state index in [0.717, 1.165) is 28.3 Å². The molecular formula is C19H21F3N2O3S. The SMILES string of the molecule is CCC(C(=O)Nc1ccccc1C(F)(F)F)N(c1ccc(C)cc1)S(C)(=O)=O. The molecule has 0 saturated carbocycles. The Bertz CT molecular complexity index is 942. The van der Waals surface area contributed by atoms with E-state index in [4.69, 9.17) is 0 Å². The number of para-hydroxylation sites is 1. The van der Waals surface area contributed by atoms with Gasteiger partial charge in [0, 0.05) is 0 Å². The van der Waals surface area contributed by atoms with E-state index in [0.29, 0.717) is 0 Å². The molecule has 0 aromatic heterocycles. The van der Waals surface area contributed by atoms with Crippen molar-refractivity contribution >= 4 is 27.3 Å². The van der Waals surface area contributed by atoms with E-state index in [-0.39, 0.29) is 12.1 Å². The first-order valence-electron chi connectivity index (χ1n) is 8.48. The summed E-state index contributed by atoms with van der Waals surface area (Å²) in [6, 6.07) is 9.83. The molecule has 1 amide bonds. The van der Waals surface area contributed by atoms with Crippen molar-refractivity contribution in [1.82, 2.24) is 0 Å². The largest absolute Gasteiger partial charge is 0.418 e. The first-order chi connectivity index (χ1) is 12.9. The van der Waals surface area contributed by atoms with Crippen molar-refractivity contribution in [3.05, 3.63) is 59.7 Å². The van der Waals surface area contributed by atoms with Crippen molar-refractivity contribution in [2.75, 3.05) is 15.9 Å². The summed E-state index contributed by atoms with van der Waals surface area (Å²) >= 11 is 0. The number of rotatable bonds is 6. The van der Waals surface area contributed by atoms with Gasteiger partial charge in [-0.15, -0.1) is 0 Å². The standard InChI is InChI=1S/C19H21F3N2O3S/c1-4-17(24(28(3,26)27)14-11-9-13(2)10-12-14)18(25)23-16-8-6-5-7-15(16)19(20,21)22/h5-12,17H,4H2,1-3H3,(H,23,25). The van der Waals surface area contributed by atoms with Crippen LogP contribution < -0.4 is 9.62 Å². The Hall–Kier alpha value is -2.55. The fourth-order valence-corrected chi connectivity index (χ4v) is 4.02. The average Bonchev–Trinajstić information content (AvgIpc) is 2.59. The molecule has 0 aliphatic heterocycles. The number of aryl methyl sites for hydroxylation is 1. The van der Waals surface area contributed by atoms with Crippen LogP contribution in [0.4, 0.5) is 24.5 Å². The van der Waals surface area contributed by atoms with E-state index >= 15 is 0 Å². The molecule has 0 bridgehead atoms. The molecular weight excluding hydrogens is 393 g/mol. The summed E-state index contributed by atoms with van der Waals surface area (Å²) in [7, 11) is -3.87. The minimum atomic E-state index is -4.65. The van der Waals surface area contributed by atoms with Gasteiger partial charge in [-0.25, -0.2) is 8.42 Å². The van der Waals surface area contributed by atoms with Crippen LogP contribution in [0.1, 0.15) is 24.5 Å². The van der Waals surface area contributed by atoms with E-state index < -0.39 is 39.4 Å². The fourth-order valence-electron chi connectivity index (χ4n) is 2.81. The Morgan fingerprint density at radius 2 is 1.68 bits per heavy atom. The zero-order chi connectivity index (χ0) is 21.1. The predicted molar refractivity (Wildman–Crippen MR) is 103 cm³/mol. The fraction of sp³-hybridized carbons (Fsp3) is 0.316. The predicted octanol–water partition coefficient (Wildman–Crippen LogP) is 4.20. The van der Waals surface area contributed by atoms with Gasteiger partial charge < -0.3 is 5.32 Å². The molecule has 2 aromatic carbocycles. The highest BCUT2D eigenvalue weighted by atomic mass is 32.2. The molecule has 2 aromatic rings. The summed E-state index contributed by atoms with van der Waals surface area (Å²) in [4.78, 5) is 12.8. The lowest BCUT2D eigenvalue weighted by atomic mass is 10.1. The minimum absolute atomic E-state index is 0.0704. The highest BCUT2D eigenvalue weighted by Gasteiger charge is 2.36. The summed E-state index contributed by atoms with van der Waals surface area (Å²) in [6.45, 7) is 3.42. The smallest absolute Gasteiger partial charge is 0.324 e. The number of carbonyl (C=O) groups is 1. The number of hydrogen-bond donors (Lipinski definition) is 1. The second-order valence-corrected chi connectivity index (χ2v) is 8.21. The molecule has 1 N–H and O–H groups in total. The quantitative estimate of drug-likeness (QED) is 0.771. The van der Waals surface area contributed by atoms with Gasteiger partial charge in [-0.1, -0.05) is 36.8 Å². The molecule has 0 heterocycles. The number of alkyl halides is 3. The Balaban J connectivity index is 2.42. The van der Waals surface area contributed by atoms with Crippen LogP contribution >= 0.6 is 0 Å². The van der Waals surface area contributed by atoms with E-state index in [9.17, 15) is 26.4 Å². The number of nitrogens with one attached hydrogen (secondary N) is 1. The lowest BCUT2D eigenvalue weighted by Gasteiger charge is -2.30. The third kappa shape index (κ3) is 5.03. The first kappa shape index (κ1) is 21.7. The number of sulfonamides is 1. The van der Waals surface area contributed by atoms with Gasteiger partial charge in [0.2, 0.25) is 15.9 Å². The lowest BCUT2D eigenvalue weighted by Crippen LogP contribution is -2.47. The molecule has 0 fully saturated rings. The molecule has 2 rings (SSSR count). The number of hydrogen-bond acceptors (Lipinski definition) is 3. The van der Waals surface area contributed by atoms with Crippen molar-refractivity contribution in [3.63, 3.8) is 0 Å². The molecule has 0 aliphatic rings. The molecule has 152 valence electrons. The van der Waals surface area contributed by atoms with E-state index in [2.05, 4.69) is 5.32 Å². The van der Waals surface area contributed by atoms with Gasteiger partial charge in [-0.05, 0) is 37.6 Å². The molecule has 0 aliphatic carbocycles. The van der Waals surface area contributed by atoms with Crippen LogP contribution in [0, 0.1) is 6.92 Å². The molecule has 5 nitrogen and oxygen atoms in total.